The number of piperidine rings is 1. The first kappa shape index (κ1) is 20.1. The zero-order valence-electron chi connectivity index (χ0n) is 16.1. The minimum absolute atomic E-state index is 0.193. The Morgan fingerprint density at radius 1 is 1.27 bits per heavy atom. The maximum atomic E-state index is 13.0. The van der Waals surface area contributed by atoms with Gasteiger partial charge in [0.25, 0.3) is 0 Å². The molecule has 0 radical (unpaired) electrons. The van der Waals surface area contributed by atoms with E-state index in [1.807, 2.05) is 0 Å². The van der Waals surface area contributed by atoms with E-state index in [2.05, 4.69) is 15.3 Å². The highest BCUT2D eigenvalue weighted by Gasteiger charge is 2.33. The van der Waals surface area contributed by atoms with Gasteiger partial charge in [-0.3, -0.25) is 4.79 Å². The minimum Gasteiger partial charge on any atom is -0.507 e. The highest BCUT2D eigenvalue weighted by Crippen LogP contribution is 2.39. The Morgan fingerprint density at radius 2 is 2.03 bits per heavy atom. The van der Waals surface area contributed by atoms with Gasteiger partial charge in [0, 0.05) is 19.2 Å². The Bertz CT molecular complexity index is 1100. The van der Waals surface area contributed by atoms with Crippen LogP contribution in [0, 0.1) is 6.92 Å². The normalized spacial score (nSPS) is 19.8. The summed E-state index contributed by atoms with van der Waals surface area (Å²) in [6.45, 7) is 1.82. The van der Waals surface area contributed by atoms with Crippen LogP contribution >= 0.6 is 0 Å². The number of aromatic hydroxyl groups is 1. The van der Waals surface area contributed by atoms with Gasteiger partial charge in [0.05, 0.1) is 17.2 Å². The van der Waals surface area contributed by atoms with E-state index in [9.17, 15) is 23.1 Å². The Hall–Kier alpha value is -3.14. The number of alkyl halides is 3. The summed E-state index contributed by atoms with van der Waals surface area (Å²) in [6, 6.07) is 4.79. The minimum atomic E-state index is -4.56. The molecule has 2 N–H and O–H groups in total. The molecule has 30 heavy (non-hydrogen) atoms. The molecule has 1 aromatic carbocycles. The van der Waals surface area contributed by atoms with Gasteiger partial charge in [0.2, 0.25) is 11.8 Å². The molecule has 1 fully saturated rings. The molecule has 10 heteroatoms. The molecule has 1 saturated heterocycles. The number of carbonyl (C=O) groups excluding carboxylic acids is 1. The highest BCUT2D eigenvalue weighted by molar-refractivity contribution is 5.82. The topological polar surface area (TPSA) is 97.5 Å². The second-order valence-corrected chi connectivity index (χ2v) is 7.16. The number of methoxy groups -OCH3 is 1. The molecule has 0 saturated carbocycles. The molecule has 158 valence electrons. The first-order chi connectivity index (χ1) is 14.2. The molecule has 0 spiro atoms. The zero-order valence-corrected chi connectivity index (χ0v) is 16.1. The summed E-state index contributed by atoms with van der Waals surface area (Å²) >= 11 is 0. The summed E-state index contributed by atoms with van der Waals surface area (Å²) in [5, 5.41) is 12.9. The van der Waals surface area contributed by atoms with Crippen molar-refractivity contribution in [3.8, 4) is 17.0 Å². The molecule has 1 amide bonds. The van der Waals surface area contributed by atoms with Gasteiger partial charge in [-0.2, -0.15) is 18.2 Å². The van der Waals surface area contributed by atoms with Gasteiger partial charge >= 0.3 is 6.18 Å². The van der Waals surface area contributed by atoms with Crippen LogP contribution in [0.5, 0.6) is 5.75 Å². The smallest absolute Gasteiger partial charge is 0.416 e. The second kappa shape index (κ2) is 7.28. The summed E-state index contributed by atoms with van der Waals surface area (Å²) in [5.74, 6) is -0.536. The summed E-state index contributed by atoms with van der Waals surface area (Å²) in [6.07, 6.45) is -4.76. The van der Waals surface area contributed by atoms with Crippen molar-refractivity contribution in [1.82, 2.24) is 15.3 Å². The average molecular weight is 421 g/mol. The van der Waals surface area contributed by atoms with Gasteiger partial charge in [-0.05, 0) is 43.2 Å². The number of pyridine rings is 1. The van der Waals surface area contributed by atoms with Gasteiger partial charge in [-0.1, -0.05) is 0 Å². The number of phenols is 1. The lowest BCUT2D eigenvalue weighted by atomic mass is 9.97. The van der Waals surface area contributed by atoms with Crippen molar-refractivity contribution in [2.24, 2.45) is 0 Å². The molecule has 7 nitrogen and oxygen atoms in total. The third-order valence-corrected chi connectivity index (χ3v) is 5.12. The number of nitrogens with one attached hydrogen (secondary N) is 1. The number of hydrogen-bond donors (Lipinski definition) is 2. The third kappa shape index (κ3) is 3.58. The van der Waals surface area contributed by atoms with E-state index in [4.69, 9.17) is 9.15 Å². The number of carbonyl (C=O) groups is 1. The van der Waals surface area contributed by atoms with E-state index in [0.717, 1.165) is 6.07 Å². The fourth-order valence-corrected chi connectivity index (χ4v) is 3.59. The molecular weight excluding hydrogens is 403 g/mol. The molecule has 3 aromatic rings. The lowest BCUT2D eigenvalue weighted by molar-refractivity contribution is -0.137. The predicted molar refractivity (Wildman–Crippen MR) is 99.8 cm³/mol. The quantitative estimate of drug-likeness (QED) is 0.672. The van der Waals surface area contributed by atoms with Gasteiger partial charge in [-0.25, -0.2) is 4.98 Å². The van der Waals surface area contributed by atoms with Crippen molar-refractivity contribution in [2.75, 3.05) is 13.7 Å². The van der Waals surface area contributed by atoms with Crippen molar-refractivity contribution in [3.63, 3.8) is 0 Å². The molecular formula is C20H18F3N3O4. The lowest BCUT2D eigenvalue weighted by Gasteiger charge is -2.26. The van der Waals surface area contributed by atoms with Crippen molar-refractivity contribution in [3.05, 3.63) is 41.3 Å². The summed E-state index contributed by atoms with van der Waals surface area (Å²) in [5.41, 5.74) is 0.418. The van der Waals surface area contributed by atoms with Crippen molar-refractivity contribution in [2.45, 2.75) is 31.5 Å². The maximum absolute atomic E-state index is 13.0. The van der Waals surface area contributed by atoms with Crippen LogP contribution in [-0.4, -0.2) is 40.7 Å². The van der Waals surface area contributed by atoms with E-state index in [1.165, 1.54) is 14.0 Å². The number of halogens is 3. The highest BCUT2D eigenvalue weighted by atomic mass is 19.4. The van der Waals surface area contributed by atoms with Crippen molar-refractivity contribution < 1.29 is 32.2 Å². The van der Waals surface area contributed by atoms with Crippen molar-refractivity contribution >= 4 is 17.1 Å². The molecule has 1 aliphatic heterocycles. The van der Waals surface area contributed by atoms with Crippen LogP contribution in [0.15, 0.2) is 28.7 Å². The largest absolute Gasteiger partial charge is 0.507 e. The number of aromatic nitrogens is 2. The average Bonchev–Trinajstić information content (AvgIpc) is 3.10. The molecule has 0 aliphatic carbocycles. The first-order valence-corrected chi connectivity index (χ1v) is 9.16. The fraction of sp³-hybridized carbons (Fsp3) is 0.350. The molecule has 1 aliphatic rings. The van der Waals surface area contributed by atoms with Crippen LogP contribution in [0.4, 0.5) is 13.2 Å². The van der Waals surface area contributed by atoms with Gasteiger partial charge in [0.1, 0.15) is 11.9 Å². The number of fused-ring (bicyclic) bond motifs is 1. The van der Waals surface area contributed by atoms with Crippen molar-refractivity contribution in [1.29, 1.82) is 0 Å². The van der Waals surface area contributed by atoms with E-state index in [0.29, 0.717) is 30.5 Å². The van der Waals surface area contributed by atoms with Gasteiger partial charge < -0.3 is 19.6 Å². The molecule has 2 aromatic heterocycles. The van der Waals surface area contributed by atoms with Crippen LogP contribution in [-0.2, 0) is 15.7 Å². The van der Waals surface area contributed by atoms with Crippen LogP contribution in [0.1, 0.15) is 29.4 Å². The predicted octanol–water partition coefficient (Wildman–Crippen LogP) is 3.54. The van der Waals surface area contributed by atoms with Crippen LogP contribution in [0.25, 0.3) is 22.5 Å². The number of benzene rings is 1. The molecule has 0 bridgehead atoms. The Kier molecular flexibility index (Phi) is 4.89. The number of ether oxygens (including phenoxy) is 1. The maximum Gasteiger partial charge on any atom is 0.416 e. The summed E-state index contributed by atoms with van der Waals surface area (Å²) in [4.78, 5) is 20.5. The fourth-order valence-electron chi connectivity index (χ4n) is 3.59. The standard InChI is InChI=1S/C20H18F3N3O4/c1-9-5-11(20(21,22)23)7-13(27)16(9)12-3-4-14-17(25-12)26-19(30-14)10-6-15(29-2)18(28)24-8-10/h3-5,7,10,15,27H,6,8H2,1-2H3,(H,24,28)/t10-,15+/m1/s1. The van der Waals surface area contributed by atoms with Gasteiger partial charge in [-0.15, -0.1) is 0 Å². The summed E-state index contributed by atoms with van der Waals surface area (Å²) in [7, 11) is 1.45. The second-order valence-electron chi connectivity index (χ2n) is 7.16. The molecule has 0 unspecified atom stereocenters. The Morgan fingerprint density at radius 3 is 2.70 bits per heavy atom. The van der Waals surface area contributed by atoms with Crippen LogP contribution in [0.2, 0.25) is 0 Å². The Labute approximate surface area is 168 Å². The van der Waals surface area contributed by atoms with E-state index < -0.39 is 23.6 Å². The Balaban J connectivity index is 1.69. The first-order valence-electron chi connectivity index (χ1n) is 9.16. The van der Waals surface area contributed by atoms with E-state index in [1.54, 1.807) is 12.1 Å². The molecule has 3 heterocycles. The number of nitrogens with zero attached hydrogens (tertiary/aromatic N) is 2. The molecule has 2 atom stereocenters. The SMILES string of the molecule is CO[C@H]1C[C@@H](c2nc3nc(-c4c(C)cc(C(F)(F)F)cc4O)ccc3o2)CNC1=O. The number of oxazole rings is 1. The van der Waals surface area contributed by atoms with E-state index >= 15 is 0 Å². The lowest BCUT2D eigenvalue weighted by Crippen LogP contribution is -2.44. The molecule has 4 rings (SSSR count). The number of aryl methyl sites for hydroxylation is 1. The number of rotatable bonds is 3. The third-order valence-electron chi connectivity index (χ3n) is 5.12. The zero-order chi connectivity index (χ0) is 21.6. The number of phenolic OH excluding ortho intramolecular Hbond substituents is 1. The number of hydrogen-bond acceptors (Lipinski definition) is 6. The monoisotopic (exact) mass is 421 g/mol. The van der Waals surface area contributed by atoms with Crippen LogP contribution in [0.3, 0.4) is 0 Å². The van der Waals surface area contributed by atoms with Gasteiger partial charge in [0.15, 0.2) is 11.2 Å². The van der Waals surface area contributed by atoms with E-state index in [-0.39, 0.29) is 34.3 Å². The van der Waals surface area contributed by atoms with Crippen LogP contribution < -0.4 is 5.32 Å². The summed E-state index contributed by atoms with van der Waals surface area (Å²) < 4.78 is 49.8. The number of amides is 1.